The van der Waals surface area contributed by atoms with Crippen LogP contribution < -0.4 is 25.0 Å². The number of carboxylic acid groups (broad SMARTS) is 1. The van der Waals surface area contributed by atoms with Gasteiger partial charge in [0.05, 0.1) is 5.69 Å². The lowest BCUT2D eigenvalue weighted by Crippen LogP contribution is -2.26. The monoisotopic (exact) mass is 473 g/mol. The predicted molar refractivity (Wildman–Crippen MR) is 130 cm³/mol. The van der Waals surface area contributed by atoms with Gasteiger partial charge in [0.25, 0.3) is 11.8 Å². The molecule has 3 amide bonds. The molecule has 2 aliphatic heterocycles. The summed E-state index contributed by atoms with van der Waals surface area (Å²) in [5.41, 5.74) is 4.19. The maximum atomic E-state index is 12.9. The largest absolute Gasteiger partial charge is 0.486 e. The number of carbonyl (C=O) groups excluding carboxylic acids is 2. The summed E-state index contributed by atoms with van der Waals surface area (Å²) in [6.07, 6.45) is -0.449. The average Bonchev–Trinajstić information content (AvgIpc) is 3.29. The van der Waals surface area contributed by atoms with E-state index in [1.54, 1.807) is 48.5 Å². The lowest BCUT2D eigenvalue weighted by molar-refractivity contribution is 0.101. The van der Waals surface area contributed by atoms with Crippen molar-refractivity contribution in [2.75, 3.05) is 35.3 Å². The summed E-state index contributed by atoms with van der Waals surface area (Å²) in [6, 6.07) is 15.3. The summed E-state index contributed by atoms with van der Waals surface area (Å²) in [4.78, 5) is 38.3. The number of aryl methyl sites for hydroxylation is 1. The third-order valence-electron chi connectivity index (χ3n) is 6.02. The number of ether oxygens (including phenoxy) is 2. The molecule has 2 heterocycles. The van der Waals surface area contributed by atoms with Crippen molar-refractivity contribution in [3.05, 3.63) is 76.9 Å². The fourth-order valence-corrected chi connectivity index (χ4v) is 4.16. The molecule has 35 heavy (non-hydrogen) atoms. The average molecular weight is 473 g/mol. The summed E-state index contributed by atoms with van der Waals surface area (Å²) in [7, 11) is 0. The second kappa shape index (κ2) is 9.02. The van der Waals surface area contributed by atoms with Crippen LogP contribution in [0.15, 0.2) is 54.6 Å². The van der Waals surface area contributed by atoms with E-state index in [-0.39, 0.29) is 11.8 Å². The molecule has 2 aliphatic rings. The number of fused-ring (bicyclic) bond motifs is 2. The number of benzene rings is 3. The third-order valence-corrected chi connectivity index (χ3v) is 6.02. The minimum Gasteiger partial charge on any atom is -0.486 e. The second-order valence-corrected chi connectivity index (χ2v) is 8.32. The van der Waals surface area contributed by atoms with Crippen LogP contribution in [0, 0.1) is 6.92 Å². The van der Waals surface area contributed by atoms with Crippen LogP contribution in [0.3, 0.4) is 0 Å². The smallest absolute Gasteiger partial charge is 0.411 e. The zero-order chi connectivity index (χ0) is 24.5. The molecule has 0 spiro atoms. The molecule has 0 fully saturated rings. The van der Waals surface area contributed by atoms with E-state index >= 15 is 0 Å². The Morgan fingerprint density at radius 3 is 2.37 bits per heavy atom. The minimum absolute atomic E-state index is 0.315. The van der Waals surface area contributed by atoms with Crippen LogP contribution in [0.1, 0.15) is 31.8 Å². The normalized spacial score (nSPS) is 13.7. The van der Waals surface area contributed by atoms with E-state index in [0.29, 0.717) is 65.9 Å². The van der Waals surface area contributed by atoms with Crippen molar-refractivity contribution in [1.29, 1.82) is 0 Å². The lowest BCUT2D eigenvalue weighted by Gasteiger charge is -2.18. The molecule has 5 rings (SSSR count). The molecule has 0 aromatic heterocycles. The van der Waals surface area contributed by atoms with Gasteiger partial charge in [-0.1, -0.05) is 6.07 Å². The quantitative estimate of drug-likeness (QED) is 0.520. The van der Waals surface area contributed by atoms with E-state index in [1.165, 1.54) is 4.90 Å². The molecule has 0 bridgehead atoms. The molecule has 3 N–H and O–H groups in total. The highest BCUT2D eigenvalue weighted by Gasteiger charge is 2.25. The van der Waals surface area contributed by atoms with Crippen molar-refractivity contribution in [2.24, 2.45) is 0 Å². The number of carbonyl (C=O) groups is 3. The molecule has 9 heteroatoms. The van der Waals surface area contributed by atoms with E-state index in [1.807, 2.05) is 13.0 Å². The van der Waals surface area contributed by atoms with E-state index in [0.717, 1.165) is 11.1 Å². The molecule has 3 aromatic rings. The van der Waals surface area contributed by atoms with E-state index < -0.39 is 6.09 Å². The first-order valence-electron chi connectivity index (χ1n) is 11.2. The zero-order valence-electron chi connectivity index (χ0n) is 19.0. The number of anilines is 3. The van der Waals surface area contributed by atoms with Gasteiger partial charge in [-0.15, -0.1) is 0 Å². The van der Waals surface area contributed by atoms with Crippen LogP contribution in [-0.4, -0.2) is 42.8 Å². The van der Waals surface area contributed by atoms with Gasteiger partial charge in [-0.2, -0.15) is 0 Å². The SMILES string of the molecule is Cc1ccc(NC(=O)c2ccc3c(c2)OCCO3)cc1NC(=O)c1ccc2c(c1)CCN2C(=O)O. The molecule has 9 nitrogen and oxygen atoms in total. The van der Waals surface area contributed by atoms with Gasteiger partial charge in [0.2, 0.25) is 0 Å². The topological polar surface area (TPSA) is 117 Å². The summed E-state index contributed by atoms with van der Waals surface area (Å²) in [5, 5.41) is 15.0. The van der Waals surface area contributed by atoms with Crippen LogP contribution in [0.2, 0.25) is 0 Å². The highest BCUT2D eigenvalue weighted by atomic mass is 16.6. The van der Waals surface area contributed by atoms with Gasteiger partial charge in [0.1, 0.15) is 13.2 Å². The molecule has 0 aliphatic carbocycles. The van der Waals surface area contributed by atoms with Gasteiger partial charge in [-0.05, 0) is 73.0 Å². The number of hydrogen-bond acceptors (Lipinski definition) is 5. The van der Waals surface area contributed by atoms with Crippen LogP contribution >= 0.6 is 0 Å². The summed E-state index contributed by atoms with van der Waals surface area (Å²) >= 11 is 0. The van der Waals surface area contributed by atoms with E-state index in [9.17, 15) is 19.5 Å². The number of hydrogen-bond donors (Lipinski definition) is 3. The van der Waals surface area contributed by atoms with Gasteiger partial charge >= 0.3 is 6.09 Å². The van der Waals surface area contributed by atoms with E-state index in [4.69, 9.17) is 9.47 Å². The van der Waals surface area contributed by atoms with Crippen molar-refractivity contribution in [1.82, 2.24) is 0 Å². The first-order valence-corrected chi connectivity index (χ1v) is 11.2. The number of amides is 3. The molecule has 3 aromatic carbocycles. The van der Waals surface area contributed by atoms with Gasteiger partial charge in [0, 0.05) is 29.0 Å². The molecule has 0 saturated heterocycles. The molecule has 0 saturated carbocycles. The zero-order valence-corrected chi connectivity index (χ0v) is 19.0. The Kier molecular flexibility index (Phi) is 5.74. The maximum Gasteiger partial charge on any atom is 0.411 e. The second-order valence-electron chi connectivity index (χ2n) is 8.32. The lowest BCUT2D eigenvalue weighted by atomic mass is 10.1. The summed E-state index contributed by atoms with van der Waals surface area (Å²) in [6.45, 7) is 3.14. The molecule has 178 valence electrons. The van der Waals surface area contributed by atoms with Crippen LogP contribution in [0.4, 0.5) is 21.9 Å². The van der Waals surface area contributed by atoms with Crippen LogP contribution in [-0.2, 0) is 6.42 Å². The number of nitrogens with one attached hydrogen (secondary N) is 2. The van der Waals surface area contributed by atoms with Gasteiger partial charge in [-0.3, -0.25) is 14.5 Å². The van der Waals surface area contributed by atoms with Gasteiger partial charge in [0.15, 0.2) is 11.5 Å². The first-order chi connectivity index (χ1) is 16.9. The third kappa shape index (κ3) is 4.48. The Morgan fingerprint density at radius 1 is 0.857 bits per heavy atom. The molecule has 0 unspecified atom stereocenters. The fourth-order valence-electron chi connectivity index (χ4n) is 4.16. The predicted octanol–water partition coefficient (Wildman–Crippen LogP) is 4.31. The standard InChI is InChI=1S/C26H23N3O6/c1-15-2-5-19(27-24(30)18-4-7-22-23(13-18)35-11-10-34-22)14-20(15)28-25(31)17-3-6-21-16(12-17)8-9-29(21)26(32)33/h2-7,12-14H,8-11H2,1H3,(H,27,30)(H,28,31)(H,32,33). The molecule has 0 atom stereocenters. The number of rotatable bonds is 4. The van der Waals surface area contributed by atoms with Gasteiger partial charge < -0.3 is 25.2 Å². The number of nitrogens with zero attached hydrogens (tertiary/aromatic N) is 1. The highest BCUT2D eigenvalue weighted by Crippen LogP contribution is 2.32. The van der Waals surface area contributed by atoms with Crippen molar-refractivity contribution in [3.63, 3.8) is 0 Å². The Morgan fingerprint density at radius 2 is 1.57 bits per heavy atom. The Labute approximate surface area is 201 Å². The Balaban J connectivity index is 1.30. The molecular weight excluding hydrogens is 450 g/mol. The Bertz CT molecular complexity index is 1350. The van der Waals surface area contributed by atoms with Crippen molar-refractivity contribution in [3.8, 4) is 11.5 Å². The first kappa shape index (κ1) is 22.3. The molecule has 0 radical (unpaired) electrons. The van der Waals surface area contributed by atoms with Gasteiger partial charge in [-0.25, -0.2) is 4.79 Å². The van der Waals surface area contributed by atoms with Crippen molar-refractivity contribution < 1.29 is 29.0 Å². The summed E-state index contributed by atoms with van der Waals surface area (Å²) in [5.74, 6) is 0.502. The summed E-state index contributed by atoms with van der Waals surface area (Å²) < 4.78 is 11.0. The fraction of sp³-hybridized carbons (Fsp3) is 0.192. The molecular formula is C26H23N3O6. The Hall–Kier alpha value is -4.53. The van der Waals surface area contributed by atoms with E-state index in [2.05, 4.69) is 10.6 Å². The van der Waals surface area contributed by atoms with Crippen LogP contribution in [0.5, 0.6) is 11.5 Å². The minimum atomic E-state index is -1.01. The highest BCUT2D eigenvalue weighted by molar-refractivity contribution is 6.07. The maximum absolute atomic E-state index is 12.9. The van der Waals surface area contributed by atoms with Crippen molar-refractivity contribution >= 4 is 35.0 Å². The van der Waals surface area contributed by atoms with Crippen molar-refractivity contribution in [2.45, 2.75) is 13.3 Å². The van der Waals surface area contributed by atoms with Crippen LogP contribution in [0.25, 0.3) is 0 Å².